The van der Waals surface area contributed by atoms with Gasteiger partial charge in [-0.05, 0) is 43.5 Å². The molecular formula is C17H21FN2O2. The number of carbonyl (C=O) groups is 2. The summed E-state index contributed by atoms with van der Waals surface area (Å²) in [4.78, 5) is 24.0. The second kappa shape index (κ2) is 7.20. The molecule has 1 aliphatic carbocycles. The molecule has 2 rings (SSSR count). The van der Waals surface area contributed by atoms with Crippen molar-refractivity contribution < 1.29 is 14.0 Å². The van der Waals surface area contributed by atoms with E-state index in [1.807, 2.05) is 13.0 Å². The molecule has 1 atom stereocenters. The van der Waals surface area contributed by atoms with Gasteiger partial charge in [-0.3, -0.25) is 9.59 Å². The highest BCUT2D eigenvalue weighted by Crippen LogP contribution is 2.31. The highest BCUT2D eigenvalue weighted by molar-refractivity contribution is 5.94. The Hall–Kier alpha value is -2.17. The van der Waals surface area contributed by atoms with Crippen LogP contribution in [0.4, 0.5) is 4.39 Å². The molecule has 0 aliphatic heterocycles. The predicted molar refractivity (Wildman–Crippen MR) is 82.8 cm³/mol. The predicted octanol–water partition coefficient (Wildman–Crippen LogP) is 2.42. The van der Waals surface area contributed by atoms with Crippen LogP contribution in [0.5, 0.6) is 0 Å². The van der Waals surface area contributed by atoms with Gasteiger partial charge in [0, 0.05) is 18.7 Å². The number of benzene rings is 1. The molecule has 2 N–H and O–H groups in total. The zero-order chi connectivity index (χ0) is 16.0. The number of carbonyl (C=O) groups excluding carboxylic acids is 2. The zero-order valence-electron chi connectivity index (χ0n) is 12.7. The van der Waals surface area contributed by atoms with Gasteiger partial charge in [-0.25, -0.2) is 4.39 Å². The molecule has 5 heteroatoms. The van der Waals surface area contributed by atoms with E-state index in [-0.39, 0.29) is 23.0 Å². The second-order valence-corrected chi connectivity index (χ2v) is 5.79. The molecular weight excluding hydrogens is 283 g/mol. The SMILES string of the molecule is CC1(C(=O)NCCNC(=O)c2ccc(F)cc2)CC=CCC1. The Morgan fingerprint density at radius 2 is 1.82 bits per heavy atom. The highest BCUT2D eigenvalue weighted by atomic mass is 19.1. The maximum atomic E-state index is 12.8. The van der Waals surface area contributed by atoms with Gasteiger partial charge in [-0.15, -0.1) is 0 Å². The Labute approximate surface area is 129 Å². The van der Waals surface area contributed by atoms with Gasteiger partial charge in [0.25, 0.3) is 5.91 Å². The molecule has 0 radical (unpaired) electrons. The lowest BCUT2D eigenvalue weighted by Gasteiger charge is -2.29. The van der Waals surface area contributed by atoms with Gasteiger partial charge in [0.2, 0.25) is 5.91 Å². The first-order valence-electron chi connectivity index (χ1n) is 7.48. The van der Waals surface area contributed by atoms with Crippen molar-refractivity contribution in [3.63, 3.8) is 0 Å². The van der Waals surface area contributed by atoms with E-state index in [9.17, 15) is 14.0 Å². The molecule has 0 aromatic heterocycles. The molecule has 22 heavy (non-hydrogen) atoms. The minimum absolute atomic E-state index is 0.0212. The molecule has 0 saturated heterocycles. The summed E-state index contributed by atoms with van der Waals surface area (Å²) in [5, 5.41) is 5.56. The first kappa shape index (κ1) is 16.2. The summed E-state index contributed by atoms with van der Waals surface area (Å²) in [5.74, 6) is -0.632. The van der Waals surface area contributed by atoms with Crippen LogP contribution in [-0.2, 0) is 4.79 Å². The first-order chi connectivity index (χ1) is 10.5. The third-order valence-corrected chi connectivity index (χ3v) is 3.95. The molecule has 1 aliphatic rings. The summed E-state index contributed by atoms with van der Waals surface area (Å²) in [5.41, 5.74) is 0.0486. The van der Waals surface area contributed by atoms with Crippen molar-refractivity contribution in [2.75, 3.05) is 13.1 Å². The van der Waals surface area contributed by atoms with E-state index in [0.717, 1.165) is 19.3 Å². The van der Waals surface area contributed by atoms with Gasteiger partial charge < -0.3 is 10.6 Å². The van der Waals surface area contributed by atoms with Crippen molar-refractivity contribution in [3.05, 3.63) is 47.8 Å². The van der Waals surface area contributed by atoms with Crippen LogP contribution in [0.2, 0.25) is 0 Å². The summed E-state index contributed by atoms with van der Waals surface area (Å²) in [6, 6.07) is 5.35. The molecule has 1 unspecified atom stereocenters. The highest BCUT2D eigenvalue weighted by Gasteiger charge is 2.32. The molecule has 118 valence electrons. The van der Waals surface area contributed by atoms with Crippen molar-refractivity contribution in [2.45, 2.75) is 26.2 Å². The molecule has 0 bridgehead atoms. The fourth-order valence-corrected chi connectivity index (χ4v) is 2.44. The molecule has 0 fully saturated rings. The fourth-order valence-electron chi connectivity index (χ4n) is 2.44. The average Bonchev–Trinajstić information content (AvgIpc) is 2.52. The molecule has 0 heterocycles. The molecule has 0 saturated carbocycles. The number of allylic oxidation sites excluding steroid dienone is 2. The van der Waals surface area contributed by atoms with Crippen LogP contribution in [0, 0.1) is 11.2 Å². The van der Waals surface area contributed by atoms with Crippen LogP contribution in [0.3, 0.4) is 0 Å². The largest absolute Gasteiger partial charge is 0.354 e. The van der Waals surface area contributed by atoms with E-state index in [1.165, 1.54) is 24.3 Å². The van der Waals surface area contributed by atoms with E-state index in [2.05, 4.69) is 16.7 Å². The van der Waals surface area contributed by atoms with E-state index < -0.39 is 0 Å². The fraction of sp³-hybridized carbons (Fsp3) is 0.412. The van der Waals surface area contributed by atoms with Crippen LogP contribution >= 0.6 is 0 Å². The minimum Gasteiger partial charge on any atom is -0.354 e. The standard InChI is InChI=1S/C17H21FN2O2/c1-17(9-3-2-4-10-17)16(22)20-12-11-19-15(21)13-5-7-14(18)8-6-13/h2-3,5-8H,4,9-12H2,1H3,(H,19,21)(H,20,22). The molecule has 2 amide bonds. The smallest absolute Gasteiger partial charge is 0.251 e. The lowest BCUT2D eigenvalue weighted by atomic mass is 9.78. The van der Waals surface area contributed by atoms with Crippen LogP contribution in [0.25, 0.3) is 0 Å². The number of nitrogens with one attached hydrogen (secondary N) is 2. The lowest BCUT2D eigenvalue weighted by molar-refractivity contribution is -0.130. The third-order valence-electron chi connectivity index (χ3n) is 3.95. The maximum absolute atomic E-state index is 12.8. The monoisotopic (exact) mass is 304 g/mol. The topological polar surface area (TPSA) is 58.2 Å². The summed E-state index contributed by atoms with van der Waals surface area (Å²) in [7, 11) is 0. The summed E-state index contributed by atoms with van der Waals surface area (Å²) in [6.45, 7) is 2.68. The van der Waals surface area contributed by atoms with Crippen molar-refractivity contribution in [1.29, 1.82) is 0 Å². The number of amides is 2. The Kier molecular flexibility index (Phi) is 5.31. The molecule has 1 aromatic rings. The van der Waals surface area contributed by atoms with E-state index in [0.29, 0.717) is 18.7 Å². The maximum Gasteiger partial charge on any atom is 0.251 e. The molecule has 0 spiro atoms. The van der Waals surface area contributed by atoms with Crippen LogP contribution in [0.15, 0.2) is 36.4 Å². The van der Waals surface area contributed by atoms with Crippen molar-refractivity contribution in [2.24, 2.45) is 5.41 Å². The quantitative estimate of drug-likeness (QED) is 0.648. The van der Waals surface area contributed by atoms with Gasteiger partial charge in [0.15, 0.2) is 0 Å². The Morgan fingerprint density at radius 1 is 1.14 bits per heavy atom. The number of halogens is 1. The first-order valence-corrected chi connectivity index (χ1v) is 7.48. The molecule has 1 aromatic carbocycles. The summed E-state index contributed by atoms with van der Waals surface area (Å²) >= 11 is 0. The Bertz CT molecular complexity index is 569. The van der Waals surface area contributed by atoms with Gasteiger partial charge in [-0.1, -0.05) is 19.1 Å². The van der Waals surface area contributed by atoms with Crippen molar-refractivity contribution in [3.8, 4) is 0 Å². The number of rotatable bonds is 5. The lowest BCUT2D eigenvalue weighted by Crippen LogP contribution is -2.42. The van der Waals surface area contributed by atoms with Crippen molar-refractivity contribution >= 4 is 11.8 Å². The van der Waals surface area contributed by atoms with Crippen molar-refractivity contribution in [1.82, 2.24) is 10.6 Å². The van der Waals surface area contributed by atoms with Gasteiger partial charge >= 0.3 is 0 Å². The Balaban J connectivity index is 1.72. The van der Waals surface area contributed by atoms with E-state index in [4.69, 9.17) is 0 Å². The normalized spacial score (nSPS) is 20.5. The summed E-state index contributed by atoms with van der Waals surface area (Å²) < 4.78 is 12.8. The van der Waals surface area contributed by atoms with Crippen LogP contribution in [0.1, 0.15) is 36.5 Å². The van der Waals surface area contributed by atoms with Crippen LogP contribution in [-0.4, -0.2) is 24.9 Å². The zero-order valence-corrected chi connectivity index (χ0v) is 12.7. The Morgan fingerprint density at radius 3 is 2.45 bits per heavy atom. The summed E-state index contributed by atoms with van der Waals surface area (Å²) in [6.07, 6.45) is 6.65. The van der Waals surface area contributed by atoms with Gasteiger partial charge in [-0.2, -0.15) is 0 Å². The second-order valence-electron chi connectivity index (χ2n) is 5.79. The van der Waals surface area contributed by atoms with Crippen LogP contribution < -0.4 is 10.6 Å². The minimum atomic E-state index is -0.376. The average molecular weight is 304 g/mol. The number of hydrogen-bond donors (Lipinski definition) is 2. The van der Waals surface area contributed by atoms with E-state index >= 15 is 0 Å². The van der Waals surface area contributed by atoms with E-state index in [1.54, 1.807) is 0 Å². The molecule has 4 nitrogen and oxygen atoms in total. The number of hydrogen-bond acceptors (Lipinski definition) is 2. The van der Waals surface area contributed by atoms with Gasteiger partial charge in [0.1, 0.15) is 5.82 Å². The van der Waals surface area contributed by atoms with Gasteiger partial charge in [0.05, 0.1) is 5.41 Å². The third kappa shape index (κ3) is 4.16.